The Morgan fingerprint density at radius 3 is 1.16 bits per heavy atom. The fraction of sp³-hybridized carbons (Fsp3) is 0. The minimum Gasteiger partial charge on any atom is -0.744 e. The van der Waals surface area contributed by atoms with Gasteiger partial charge in [0, 0.05) is 0 Å². The molecule has 0 amide bonds. The second kappa shape index (κ2) is 10.2. The molecule has 128 valence electrons. The average molecular weight is 406 g/mol. The van der Waals surface area contributed by atoms with Crippen LogP contribution in [0.2, 0.25) is 0 Å². The SMILES string of the molecule is C=Cc1ccccc1S(=O)(=O)[O-].C=Cc1ccccc1S(=O)(=O)[O-].[Ca+2]. The summed E-state index contributed by atoms with van der Waals surface area (Å²) in [6, 6.07) is 11.9. The van der Waals surface area contributed by atoms with Gasteiger partial charge in [0.2, 0.25) is 0 Å². The van der Waals surface area contributed by atoms with Crippen LogP contribution in [0.15, 0.2) is 71.5 Å². The molecule has 0 aliphatic rings. The van der Waals surface area contributed by atoms with Crippen molar-refractivity contribution in [1.82, 2.24) is 0 Å². The summed E-state index contributed by atoms with van der Waals surface area (Å²) < 4.78 is 63.7. The zero-order valence-electron chi connectivity index (χ0n) is 13.2. The van der Waals surface area contributed by atoms with E-state index in [4.69, 9.17) is 0 Å². The molecule has 0 bridgehead atoms. The van der Waals surface area contributed by atoms with Crippen molar-refractivity contribution in [2.45, 2.75) is 9.79 Å². The fourth-order valence-corrected chi connectivity index (χ4v) is 3.12. The predicted molar refractivity (Wildman–Crippen MR) is 94.7 cm³/mol. The number of hydrogen-bond acceptors (Lipinski definition) is 6. The van der Waals surface area contributed by atoms with Gasteiger partial charge in [-0.05, 0) is 23.3 Å². The number of rotatable bonds is 4. The monoisotopic (exact) mass is 406 g/mol. The Morgan fingerprint density at radius 1 is 0.680 bits per heavy atom. The Kier molecular flexibility index (Phi) is 9.81. The molecule has 0 aliphatic heterocycles. The maximum Gasteiger partial charge on any atom is 2.00 e. The van der Waals surface area contributed by atoms with Crippen molar-refractivity contribution in [2.75, 3.05) is 0 Å². The molecule has 0 heterocycles. The summed E-state index contributed by atoms with van der Waals surface area (Å²) in [5, 5.41) is 0. The molecule has 2 aromatic rings. The van der Waals surface area contributed by atoms with Crippen LogP contribution in [0.4, 0.5) is 0 Å². The molecular weight excluding hydrogens is 392 g/mol. The van der Waals surface area contributed by atoms with Crippen LogP contribution >= 0.6 is 0 Å². The summed E-state index contributed by atoms with van der Waals surface area (Å²) in [4.78, 5) is -0.444. The van der Waals surface area contributed by atoms with Crippen molar-refractivity contribution in [3.05, 3.63) is 72.8 Å². The molecule has 6 nitrogen and oxygen atoms in total. The first-order valence-corrected chi connectivity index (χ1v) is 9.27. The first-order chi connectivity index (χ1) is 11.1. The summed E-state index contributed by atoms with van der Waals surface area (Å²) >= 11 is 0. The summed E-state index contributed by atoms with van der Waals surface area (Å²) in [7, 11) is -8.73. The van der Waals surface area contributed by atoms with Gasteiger partial charge in [0.15, 0.2) is 0 Å². The van der Waals surface area contributed by atoms with Gasteiger partial charge in [-0.3, -0.25) is 0 Å². The van der Waals surface area contributed by atoms with E-state index in [1.54, 1.807) is 12.1 Å². The quantitative estimate of drug-likeness (QED) is 0.567. The molecule has 2 rings (SSSR count). The summed E-state index contributed by atoms with van der Waals surface area (Å²) in [6.45, 7) is 6.80. The minimum absolute atomic E-state index is 0. The first kappa shape index (κ1) is 24.0. The van der Waals surface area contributed by atoms with Crippen molar-refractivity contribution in [3.63, 3.8) is 0 Å². The van der Waals surface area contributed by atoms with Crippen molar-refractivity contribution < 1.29 is 25.9 Å². The molecule has 0 spiro atoms. The maximum atomic E-state index is 10.6. The van der Waals surface area contributed by atoms with E-state index in [0.29, 0.717) is 11.1 Å². The largest absolute Gasteiger partial charge is 2.00 e. The van der Waals surface area contributed by atoms with Gasteiger partial charge in [-0.25, -0.2) is 16.8 Å². The molecule has 0 unspecified atom stereocenters. The van der Waals surface area contributed by atoms with Crippen molar-refractivity contribution in [2.24, 2.45) is 0 Å². The first-order valence-electron chi connectivity index (χ1n) is 6.46. The van der Waals surface area contributed by atoms with Gasteiger partial charge < -0.3 is 9.11 Å². The van der Waals surface area contributed by atoms with Gasteiger partial charge in [-0.2, -0.15) is 0 Å². The van der Waals surface area contributed by atoms with Gasteiger partial charge in [0.1, 0.15) is 20.2 Å². The van der Waals surface area contributed by atoms with E-state index in [9.17, 15) is 25.9 Å². The van der Waals surface area contributed by atoms with Crippen molar-refractivity contribution >= 4 is 70.1 Å². The average Bonchev–Trinajstić information content (AvgIpc) is 2.53. The van der Waals surface area contributed by atoms with E-state index in [1.807, 2.05) is 0 Å². The van der Waals surface area contributed by atoms with Gasteiger partial charge >= 0.3 is 37.7 Å². The molecule has 2 aromatic carbocycles. The molecule has 0 atom stereocenters. The molecular formula is C16H14CaO6S2. The maximum absolute atomic E-state index is 10.6. The Morgan fingerprint density at radius 2 is 0.960 bits per heavy atom. The van der Waals surface area contributed by atoms with Gasteiger partial charge in [0.25, 0.3) is 0 Å². The number of hydrogen-bond donors (Lipinski definition) is 0. The van der Waals surface area contributed by atoms with Crippen LogP contribution in [0.25, 0.3) is 12.2 Å². The van der Waals surface area contributed by atoms with Crippen molar-refractivity contribution in [1.29, 1.82) is 0 Å². The van der Waals surface area contributed by atoms with Gasteiger partial charge in [-0.1, -0.05) is 61.7 Å². The molecule has 0 saturated heterocycles. The van der Waals surface area contributed by atoms with Crippen LogP contribution in [-0.2, 0) is 20.2 Å². The Balaban J connectivity index is 0.000000443. The fourth-order valence-electron chi connectivity index (χ4n) is 1.75. The zero-order valence-corrected chi connectivity index (χ0v) is 17.0. The zero-order chi connectivity index (χ0) is 18.4. The standard InChI is InChI=1S/2C8H8O3S.Ca/c2*1-2-7-5-3-4-6-8(7)12(9,10)11;/h2*2-6H,1H2,(H,9,10,11);/q;;+2/p-2. The van der Waals surface area contributed by atoms with Crippen LogP contribution in [0.5, 0.6) is 0 Å². The van der Waals surface area contributed by atoms with Gasteiger partial charge in [-0.15, -0.1) is 0 Å². The van der Waals surface area contributed by atoms with E-state index in [-0.39, 0.29) is 47.5 Å². The van der Waals surface area contributed by atoms with E-state index in [2.05, 4.69) is 13.2 Å². The second-order valence-electron chi connectivity index (χ2n) is 4.39. The molecule has 25 heavy (non-hydrogen) atoms. The minimum atomic E-state index is -4.37. The smallest absolute Gasteiger partial charge is 0.744 e. The summed E-state index contributed by atoms with van der Waals surface area (Å²) in [5.41, 5.74) is 0.681. The topological polar surface area (TPSA) is 114 Å². The van der Waals surface area contributed by atoms with E-state index in [1.165, 1.54) is 48.6 Å². The molecule has 0 aliphatic carbocycles. The molecule has 9 heteroatoms. The van der Waals surface area contributed by atoms with Gasteiger partial charge in [0.05, 0.1) is 9.79 Å². The molecule has 0 saturated carbocycles. The normalized spacial score (nSPS) is 10.6. The van der Waals surface area contributed by atoms with Crippen LogP contribution in [0.1, 0.15) is 11.1 Å². The predicted octanol–water partition coefficient (Wildman–Crippen LogP) is 2.09. The third-order valence-corrected chi connectivity index (χ3v) is 4.64. The van der Waals surface area contributed by atoms with E-state index >= 15 is 0 Å². The Labute approximate surface area is 177 Å². The Hall–Kier alpha value is -1.00. The van der Waals surface area contributed by atoms with Crippen molar-refractivity contribution in [3.8, 4) is 0 Å². The summed E-state index contributed by atoms with van der Waals surface area (Å²) in [5.74, 6) is 0. The second-order valence-corrected chi connectivity index (χ2v) is 7.09. The van der Waals surface area contributed by atoms with Crippen LogP contribution < -0.4 is 0 Å². The third-order valence-electron chi connectivity index (χ3n) is 2.82. The van der Waals surface area contributed by atoms with Crippen LogP contribution in [-0.4, -0.2) is 63.7 Å². The Bertz CT molecular complexity index is 871. The molecule has 0 fully saturated rings. The third kappa shape index (κ3) is 7.41. The molecule has 0 N–H and O–H groups in total. The molecule has 0 aromatic heterocycles. The van der Waals surface area contributed by atoms with E-state index < -0.39 is 20.2 Å². The van der Waals surface area contributed by atoms with Crippen LogP contribution in [0.3, 0.4) is 0 Å². The number of benzene rings is 2. The molecule has 0 radical (unpaired) electrons. The van der Waals surface area contributed by atoms with Crippen LogP contribution in [0, 0.1) is 0 Å². The van der Waals surface area contributed by atoms with E-state index in [0.717, 1.165) is 0 Å². The summed E-state index contributed by atoms with van der Waals surface area (Å²) in [6.07, 6.45) is 2.68.